The summed E-state index contributed by atoms with van der Waals surface area (Å²) in [5.74, 6) is -2.05. The SMILES string of the molecule is O=C(N/N=C\c1c(O)ccc2ccccc12)C(=O)Nc1ccc([N+](=O)[O-])cc1. The number of carbonyl (C=O) groups is 2. The number of hydrogen-bond donors (Lipinski definition) is 3. The zero-order valence-corrected chi connectivity index (χ0v) is 14.3. The minimum absolute atomic E-state index is 0.0213. The van der Waals surface area contributed by atoms with E-state index in [1.807, 2.05) is 12.1 Å². The van der Waals surface area contributed by atoms with E-state index < -0.39 is 16.7 Å². The summed E-state index contributed by atoms with van der Waals surface area (Å²) in [4.78, 5) is 33.8. The van der Waals surface area contributed by atoms with Crippen LogP contribution in [0.4, 0.5) is 11.4 Å². The van der Waals surface area contributed by atoms with Gasteiger partial charge in [-0.25, -0.2) is 5.43 Å². The molecule has 140 valence electrons. The van der Waals surface area contributed by atoms with Crippen LogP contribution in [0, 0.1) is 10.1 Å². The summed E-state index contributed by atoms with van der Waals surface area (Å²) >= 11 is 0. The van der Waals surface area contributed by atoms with E-state index in [0.717, 1.165) is 10.8 Å². The van der Waals surface area contributed by atoms with E-state index in [1.165, 1.54) is 36.5 Å². The normalized spacial score (nSPS) is 10.7. The summed E-state index contributed by atoms with van der Waals surface area (Å²) in [6.45, 7) is 0. The van der Waals surface area contributed by atoms with Crippen molar-refractivity contribution in [1.82, 2.24) is 5.43 Å². The molecule has 9 heteroatoms. The van der Waals surface area contributed by atoms with Crippen LogP contribution in [0.1, 0.15) is 5.56 Å². The Bertz CT molecular complexity index is 1090. The smallest absolute Gasteiger partial charge is 0.329 e. The van der Waals surface area contributed by atoms with Crippen molar-refractivity contribution in [2.24, 2.45) is 5.10 Å². The number of aromatic hydroxyl groups is 1. The highest BCUT2D eigenvalue weighted by Gasteiger charge is 2.14. The number of hydrazone groups is 1. The van der Waals surface area contributed by atoms with E-state index in [4.69, 9.17) is 0 Å². The molecule has 0 saturated heterocycles. The first-order valence-corrected chi connectivity index (χ1v) is 8.05. The molecule has 0 bridgehead atoms. The van der Waals surface area contributed by atoms with Gasteiger partial charge in [-0.2, -0.15) is 5.10 Å². The number of hydrogen-bond acceptors (Lipinski definition) is 6. The van der Waals surface area contributed by atoms with Gasteiger partial charge in [0.05, 0.1) is 11.1 Å². The third-order valence-electron chi connectivity index (χ3n) is 3.85. The van der Waals surface area contributed by atoms with Gasteiger partial charge in [0.15, 0.2) is 0 Å². The van der Waals surface area contributed by atoms with Crippen LogP contribution in [0.5, 0.6) is 5.75 Å². The first kappa shape index (κ1) is 18.5. The van der Waals surface area contributed by atoms with Crippen LogP contribution in [0.15, 0.2) is 65.8 Å². The summed E-state index contributed by atoms with van der Waals surface area (Å²) in [5, 5.41) is 28.2. The number of nitrogens with zero attached hydrogens (tertiary/aromatic N) is 2. The highest BCUT2D eigenvalue weighted by molar-refractivity contribution is 6.39. The van der Waals surface area contributed by atoms with Crippen molar-refractivity contribution in [3.63, 3.8) is 0 Å². The van der Waals surface area contributed by atoms with Crippen LogP contribution in [-0.2, 0) is 9.59 Å². The largest absolute Gasteiger partial charge is 0.507 e. The third kappa shape index (κ3) is 4.10. The van der Waals surface area contributed by atoms with Gasteiger partial charge in [-0.3, -0.25) is 19.7 Å². The van der Waals surface area contributed by atoms with Crippen molar-refractivity contribution in [3.8, 4) is 5.75 Å². The summed E-state index contributed by atoms with van der Waals surface area (Å²) < 4.78 is 0. The molecule has 0 aliphatic rings. The second-order valence-corrected chi connectivity index (χ2v) is 5.68. The van der Waals surface area contributed by atoms with Crippen molar-refractivity contribution in [2.75, 3.05) is 5.32 Å². The molecule has 0 fully saturated rings. The second kappa shape index (κ2) is 7.96. The molecular formula is C19H14N4O5. The number of benzene rings is 3. The van der Waals surface area contributed by atoms with Gasteiger partial charge >= 0.3 is 11.8 Å². The van der Waals surface area contributed by atoms with Crippen LogP contribution in [0.2, 0.25) is 0 Å². The number of carbonyl (C=O) groups excluding carboxylic acids is 2. The molecular weight excluding hydrogens is 364 g/mol. The van der Waals surface area contributed by atoms with Crippen molar-refractivity contribution in [2.45, 2.75) is 0 Å². The van der Waals surface area contributed by atoms with Gasteiger partial charge in [0.25, 0.3) is 5.69 Å². The average molecular weight is 378 g/mol. The van der Waals surface area contributed by atoms with Crippen LogP contribution in [-0.4, -0.2) is 28.1 Å². The highest BCUT2D eigenvalue weighted by Crippen LogP contribution is 2.25. The molecule has 0 radical (unpaired) electrons. The molecule has 0 aliphatic heterocycles. The van der Waals surface area contributed by atoms with Crippen LogP contribution < -0.4 is 10.7 Å². The first-order chi connectivity index (χ1) is 13.5. The van der Waals surface area contributed by atoms with Crippen molar-refractivity contribution >= 4 is 40.2 Å². The van der Waals surface area contributed by atoms with E-state index >= 15 is 0 Å². The Labute approximate surface area is 158 Å². The number of nitro groups is 1. The molecule has 3 aromatic carbocycles. The average Bonchev–Trinajstić information content (AvgIpc) is 2.70. The van der Waals surface area contributed by atoms with E-state index in [1.54, 1.807) is 18.2 Å². The lowest BCUT2D eigenvalue weighted by Gasteiger charge is -2.05. The fourth-order valence-corrected chi connectivity index (χ4v) is 2.48. The van der Waals surface area contributed by atoms with Gasteiger partial charge in [0.2, 0.25) is 0 Å². The van der Waals surface area contributed by atoms with Crippen molar-refractivity contribution in [3.05, 3.63) is 76.3 Å². The van der Waals surface area contributed by atoms with Crippen molar-refractivity contribution < 1.29 is 19.6 Å². The molecule has 0 aromatic heterocycles. The lowest BCUT2D eigenvalue weighted by molar-refractivity contribution is -0.384. The molecule has 3 rings (SSSR count). The lowest BCUT2D eigenvalue weighted by Crippen LogP contribution is -2.32. The quantitative estimate of drug-likeness (QED) is 0.278. The topological polar surface area (TPSA) is 134 Å². The zero-order chi connectivity index (χ0) is 20.1. The Morgan fingerprint density at radius 1 is 1.00 bits per heavy atom. The lowest BCUT2D eigenvalue weighted by atomic mass is 10.0. The Morgan fingerprint density at radius 3 is 2.43 bits per heavy atom. The summed E-state index contributed by atoms with van der Waals surface area (Å²) in [6, 6.07) is 15.6. The highest BCUT2D eigenvalue weighted by atomic mass is 16.6. The first-order valence-electron chi connectivity index (χ1n) is 8.05. The molecule has 0 atom stereocenters. The van der Waals surface area contributed by atoms with E-state index in [0.29, 0.717) is 5.56 Å². The predicted molar refractivity (Wildman–Crippen MR) is 103 cm³/mol. The second-order valence-electron chi connectivity index (χ2n) is 5.68. The number of rotatable bonds is 4. The Hall–Kier alpha value is -4.27. The number of amides is 2. The molecule has 0 unspecified atom stereocenters. The van der Waals surface area contributed by atoms with Gasteiger partial charge in [0, 0.05) is 23.4 Å². The number of phenolic OH excluding ortho intramolecular Hbond substituents is 1. The number of anilines is 1. The van der Waals surface area contributed by atoms with Gasteiger partial charge in [0.1, 0.15) is 5.75 Å². The zero-order valence-electron chi connectivity index (χ0n) is 14.3. The fraction of sp³-hybridized carbons (Fsp3) is 0. The standard InChI is InChI=1S/C19H14N4O5/c24-17-10-5-12-3-1-2-4-15(12)16(17)11-20-22-19(26)18(25)21-13-6-8-14(9-7-13)23(27)28/h1-11,24H,(H,21,25)(H,22,26)/b20-11-. The molecule has 2 amide bonds. The van der Waals surface area contributed by atoms with Gasteiger partial charge in [-0.15, -0.1) is 0 Å². The predicted octanol–water partition coefficient (Wildman–Crippen LogP) is 2.54. The fourth-order valence-electron chi connectivity index (χ4n) is 2.48. The minimum Gasteiger partial charge on any atom is -0.507 e. The molecule has 0 heterocycles. The van der Waals surface area contributed by atoms with E-state index in [9.17, 15) is 24.8 Å². The molecule has 9 nitrogen and oxygen atoms in total. The number of non-ortho nitro benzene ring substituents is 1. The summed E-state index contributed by atoms with van der Waals surface area (Å²) in [5.41, 5.74) is 2.56. The number of fused-ring (bicyclic) bond motifs is 1. The van der Waals surface area contributed by atoms with Crippen LogP contribution in [0.25, 0.3) is 10.8 Å². The van der Waals surface area contributed by atoms with Gasteiger partial charge in [-0.1, -0.05) is 30.3 Å². The third-order valence-corrected chi connectivity index (χ3v) is 3.85. The minimum atomic E-state index is -1.03. The number of nitro benzene ring substituents is 1. The maximum absolute atomic E-state index is 11.9. The Kier molecular flexibility index (Phi) is 5.26. The van der Waals surface area contributed by atoms with E-state index in [2.05, 4.69) is 15.8 Å². The van der Waals surface area contributed by atoms with E-state index in [-0.39, 0.29) is 17.1 Å². The molecule has 0 aliphatic carbocycles. The molecule has 0 saturated carbocycles. The summed E-state index contributed by atoms with van der Waals surface area (Å²) in [6.07, 6.45) is 1.24. The van der Waals surface area contributed by atoms with Gasteiger partial charge in [-0.05, 0) is 29.0 Å². The number of nitrogens with one attached hydrogen (secondary N) is 2. The van der Waals surface area contributed by atoms with Crippen LogP contribution in [0.3, 0.4) is 0 Å². The summed E-state index contributed by atoms with van der Waals surface area (Å²) in [7, 11) is 0. The van der Waals surface area contributed by atoms with Crippen LogP contribution >= 0.6 is 0 Å². The van der Waals surface area contributed by atoms with Crippen molar-refractivity contribution in [1.29, 1.82) is 0 Å². The Balaban J connectivity index is 1.66. The maximum Gasteiger partial charge on any atom is 0.329 e. The molecule has 0 spiro atoms. The number of phenols is 1. The van der Waals surface area contributed by atoms with Gasteiger partial charge < -0.3 is 10.4 Å². The Morgan fingerprint density at radius 2 is 1.71 bits per heavy atom. The maximum atomic E-state index is 11.9. The molecule has 28 heavy (non-hydrogen) atoms. The monoisotopic (exact) mass is 378 g/mol. The molecule has 3 N–H and O–H groups in total. The molecule has 3 aromatic rings.